The topological polar surface area (TPSA) is 81.9 Å². The van der Waals surface area contributed by atoms with Gasteiger partial charge in [-0.1, -0.05) is 12.1 Å². The number of aryl methyl sites for hydroxylation is 3. The highest BCUT2D eigenvalue weighted by Gasteiger charge is 2.39. The molecule has 3 heterocycles. The molecule has 0 aromatic carbocycles. The zero-order chi connectivity index (χ0) is 20.4. The molecular formula is C22H25N5O2. The fourth-order valence-electron chi connectivity index (χ4n) is 3.45. The molecule has 1 aliphatic carbocycles. The van der Waals surface area contributed by atoms with Gasteiger partial charge in [0, 0.05) is 54.8 Å². The summed E-state index contributed by atoms with van der Waals surface area (Å²) >= 11 is 0. The molecule has 1 fully saturated rings. The maximum atomic E-state index is 12.4. The van der Waals surface area contributed by atoms with Crippen molar-refractivity contribution in [3.05, 3.63) is 75.6 Å². The van der Waals surface area contributed by atoms with E-state index in [1.54, 1.807) is 13.1 Å². The van der Waals surface area contributed by atoms with Gasteiger partial charge in [0.2, 0.25) is 5.88 Å². The van der Waals surface area contributed by atoms with Crippen molar-refractivity contribution in [3.8, 4) is 5.88 Å². The zero-order valence-electron chi connectivity index (χ0n) is 16.9. The van der Waals surface area contributed by atoms with E-state index in [0.717, 1.165) is 29.1 Å². The molecule has 1 saturated carbocycles. The van der Waals surface area contributed by atoms with Crippen molar-refractivity contribution in [3.63, 3.8) is 0 Å². The summed E-state index contributed by atoms with van der Waals surface area (Å²) < 4.78 is 7.21. The second kappa shape index (κ2) is 8.03. The Morgan fingerprint density at radius 1 is 1.24 bits per heavy atom. The lowest BCUT2D eigenvalue weighted by Crippen LogP contribution is -2.24. The van der Waals surface area contributed by atoms with Gasteiger partial charge in [-0.25, -0.2) is 4.68 Å². The number of ether oxygens (including phenoxy) is 1. The monoisotopic (exact) mass is 391 g/mol. The van der Waals surface area contributed by atoms with Crippen LogP contribution in [-0.4, -0.2) is 26.4 Å². The van der Waals surface area contributed by atoms with E-state index in [1.807, 2.05) is 44.3 Å². The maximum Gasteiger partial charge on any atom is 0.290 e. The highest BCUT2D eigenvalue weighted by molar-refractivity contribution is 5.44. The number of hydrogen-bond donors (Lipinski definition) is 1. The molecule has 7 heteroatoms. The molecular weight excluding hydrogens is 366 g/mol. The zero-order valence-corrected chi connectivity index (χ0v) is 16.9. The first kappa shape index (κ1) is 19.1. The van der Waals surface area contributed by atoms with Crippen LogP contribution >= 0.6 is 0 Å². The number of aromatic nitrogens is 4. The molecule has 3 aromatic rings. The molecule has 29 heavy (non-hydrogen) atoms. The van der Waals surface area contributed by atoms with Gasteiger partial charge in [0.25, 0.3) is 5.56 Å². The molecule has 2 unspecified atom stereocenters. The minimum atomic E-state index is -0.187. The van der Waals surface area contributed by atoms with Gasteiger partial charge in [-0.3, -0.25) is 14.8 Å². The number of rotatable bonds is 7. The first-order valence-electron chi connectivity index (χ1n) is 9.80. The fourth-order valence-corrected chi connectivity index (χ4v) is 3.45. The van der Waals surface area contributed by atoms with Gasteiger partial charge in [-0.05, 0) is 44.0 Å². The lowest BCUT2D eigenvalue weighted by Gasteiger charge is -2.12. The summed E-state index contributed by atoms with van der Waals surface area (Å²) in [6.45, 7) is 5.01. The van der Waals surface area contributed by atoms with E-state index in [0.29, 0.717) is 36.6 Å². The van der Waals surface area contributed by atoms with Gasteiger partial charge >= 0.3 is 0 Å². The molecule has 0 saturated heterocycles. The summed E-state index contributed by atoms with van der Waals surface area (Å²) in [6, 6.07) is 11.7. The highest BCUT2D eigenvalue weighted by atomic mass is 16.5. The summed E-state index contributed by atoms with van der Waals surface area (Å²) in [4.78, 5) is 21.3. The number of nitrogens with zero attached hydrogens (tertiary/aromatic N) is 4. The molecule has 0 radical (unpaired) electrons. The van der Waals surface area contributed by atoms with Gasteiger partial charge in [-0.2, -0.15) is 0 Å². The quantitative estimate of drug-likeness (QED) is 0.667. The van der Waals surface area contributed by atoms with Gasteiger partial charge in [0.05, 0.1) is 6.61 Å². The van der Waals surface area contributed by atoms with Crippen LogP contribution in [0.1, 0.15) is 35.0 Å². The molecule has 2 atom stereocenters. The SMILES string of the molecule is Cc1ccc(CNc2cc(OCC3CC3c3ccccn3)nn(C)c2=O)c(C)n1. The normalized spacial score (nSPS) is 17.8. The largest absolute Gasteiger partial charge is 0.476 e. The van der Waals surface area contributed by atoms with Crippen molar-refractivity contribution in [1.82, 2.24) is 19.7 Å². The molecule has 0 amide bonds. The van der Waals surface area contributed by atoms with Crippen LogP contribution in [0.25, 0.3) is 0 Å². The highest BCUT2D eigenvalue weighted by Crippen LogP contribution is 2.46. The van der Waals surface area contributed by atoms with E-state index in [2.05, 4.69) is 26.4 Å². The average molecular weight is 391 g/mol. The van der Waals surface area contributed by atoms with Crippen molar-refractivity contribution in [1.29, 1.82) is 0 Å². The van der Waals surface area contributed by atoms with E-state index in [9.17, 15) is 4.79 Å². The van der Waals surface area contributed by atoms with Crippen molar-refractivity contribution in [2.45, 2.75) is 32.7 Å². The van der Waals surface area contributed by atoms with Crippen molar-refractivity contribution in [2.24, 2.45) is 13.0 Å². The van der Waals surface area contributed by atoms with Crippen LogP contribution in [0.15, 0.2) is 47.4 Å². The molecule has 3 aromatic heterocycles. The first-order chi connectivity index (χ1) is 14.0. The summed E-state index contributed by atoms with van der Waals surface area (Å²) in [5.41, 5.74) is 4.37. The fraction of sp³-hybridized carbons (Fsp3) is 0.364. The molecule has 0 aliphatic heterocycles. The third-order valence-electron chi connectivity index (χ3n) is 5.28. The lowest BCUT2D eigenvalue weighted by atomic mass is 10.2. The van der Waals surface area contributed by atoms with Crippen LogP contribution in [-0.2, 0) is 13.6 Å². The maximum absolute atomic E-state index is 12.4. The number of pyridine rings is 2. The smallest absolute Gasteiger partial charge is 0.290 e. The van der Waals surface area contributed by atoms with E-state index in [1.165, 1.54) is 4.68 Å². The summed E-state index contributed by atoms with van der Waals surface area (Å²) in [5.74, 6) is 1.32. The molecule has 1 aliphatic rings. The summed E-state index contributed by atoms with van der Waals surface area (Å²) in [7, 11) is 1.63. The van der Waals surface area contributed by atoms with Crippen molar-refractivity contribution in [2.75, 3.05) is 11.9 Å². The van der Waals surface area contributed by atoms with Crippen LogP contribution in [0, 0.1) is 19.8 Å². The Morgan fingerprint density at radius 3 is 2.86 bits per heavy atom. The number of nitrogens with one attached hydrogen (secondary N) is 1. The van der Waals surface area contributed by atoms with E-state index < -0.39 is 0 Å². The van der Waals surface area contributed by atoms with Crippen molar-refractivity contribution >= 4 is 5.69 Å². The predicted molar refractivity (Wildman–Crippen MR) is 111 cm³/mol. The van der Waals surface area contributed by atoms with Gasteiger partial charge < -0.3 is 10.1 Å². The molecule has 4 rings (SSSR count). The van der Waals surface area contributed by atoms with Gasteiger partial charge in [0.1, 0.15) is 5.69 Å². The summed E-state index contributed by atoms with van der Waals surface area (Å²) in [5, 5.41) is 7.43. The van der Waals surface area contributed by atoms with E-state index >= 15 is 0 Å². The van der Waals surface area contributed by atoms with Gasteiger partial charge in [-0.15, -0.1) is 5.10 Å². The Balaban J connectivity index is 1.40. The Kier molecular flexibility index (Phi) is 5.29. The van der Waals surface area contributed by atoms with Crippen LogP contribution in [0.5, 0.6) is 5.88 Å². The molecule has 0 bridgehead atoms. The van der Waals surface area contributed by atoms with Crippen molar-refractivity contribution < 1.29 is 4.74 Å². The second-order valence-corrected chi connectivity index (χ2v) is 7.54. The van der Waals surface area contributed by atoms with Gasteiger partial charge in [0.15, 0.2) is 0 Å². The molecule has 7 nitrogen and oxygen atoms in total. The Bertz CT molecular complexity index is 1060. The minimum Gasteiger partial charge on any atom is -0.476 e. The Hall–Kier alpha value is -3.22. The van der Waals surface area contributed by atoms with E-state index in [-0.39, 0.29) is 5.56 Å². The molecule has 1 N–H and O–H groups in total. The second-order valence-electron chi connectivity index (χ2n) is 7.54. The Labute approximate surface area is 169 Å². The van der Waals surface area contributed by atoms with Crippen LogP contribution in [0.4, 0.5) is 5.69 Å². The summed E-state index contributed by atoms with van der Waals surface area (Å²) in [6.07, 6.45) is 2.89. The predicted octanol–water partition coefficient (Wildman–Crippen LogP) is 2.98. The first-order valence-corrected chi connectivity index (χ1v) is 9.80. The standard InChI is InChI=1S/C22H25N5O2/c1-14-7-8-16(15(2)25-14)12-24-20-11-21(26-27(3)22(20)28)29-13-17-10-18(17)19-6-4-5-9-23-19/h4-9,11,17-18,24H,10,12-13H2,1-3H3. The van der Waals surface area contributed by atoms with Crippen LogP contribution < -0.4 is 15.6 Å². The van der Waals surface area contributed by atoms with Crippen LogP contribution in [0.2, 0.25) is 0 Å². The molecule has 0 spiro atoms. The third-order valence-corrected chi connectivity index (χ3v) is 5.28. The Morgan fingerprint density at radius 2 is 2.10 bits per heavy atom. The molecule has 150 valence electrons. The number of hydrogen-bond acceptors (Lipinski definition) is 6. The minimum absolute atomic E-state index is 0.187. The van der Waals surface area contributed by atoms with Crippen LogP contribution in [0.3, 0.4) is 0 Å². The third kappa shape index (κ3) is 4.45. The average Bonchev–Trinajstić information content (AvgIpc) is 3.49. The van der Waals surface area contributed by atoms with E-state index in [4.69, 9.17) is 4.74 Å². The lowest BCUT2D eigenvalue weighted by molar-refractivity contribution is 0.278. The number of anilines is 1.